The van der Waals surface area contributed by atoms with Crippen LogP contribution in [0.4, 0.5) is 0 Å². The molecule has 2 unspecified atom stereocenters. The zero-order valence-corrected chi connectivity index (χ0v) is 43.1. The molecule has 2 atom stereocenters. The maximum atomic E-state index is 12.7. The standard InChI is InChI=1S/C54H104NO8P/c1-4-6-8-10-12-14-16-18-20-22-24-26-28-30-32-34-36-38-40-42-44-46-53(56)60-50-52(51-62-64(58,59)61-49-48-55-3)63-54(57)47-45-43-41-39-37-35-33-31-29-27-25-23-21-19-17-15-13-11-9-7-5-2/h18-21,52,55H,4-17,22-51H2,1-3H3,(H,58,59)/b20-18-,21-19-. The molecule has 0 aliphatic rings. The Hall–Kier alpha value is -1.51. The van der Waals surface area contributed by atoms with Crippen LogP contribution in [0.3, 0.4) is 0 Å². The number of rotatable bonds is 52. The lowest BCUT2D eigenvalue weighted by molar-refractivity contribution is -0.161. The van der Waals surface area contributed by atoms with Crippen molar-refractivity contribution in [3.05, 3.63) is 24.3 Å². The van der Waals surface area contributed by atoms with E-state index < -0.39 is 26.5 Å². The number of allylic oxidation sites excluding steroid dienone is 4. The monoisotopic (exact) mass is 926 g/mol. The number of hydrogen-bond donors (Lipinski definition) is 2. The van der Waals surface area contributed by atoms with Gasteiger partial charge in [0, 0.05) is 19.4 Å². The summed E-state index contributed by atoms with van der Waals surface area (Å²) in [4.78, 5) is 35.3. The number of ether oxygens (including phenoxy) is 2. The predicted molar refractivity (Wildman–Crippen MR) is 271 cm³/mol. The molecule has 9 nitrogen and oxygen atoms in total. The van der Waals surface area contributed by atoms with Gasteiger partial charge in [-0.1, -0.05) is 218 Å². The second kappa shape index (κ2) is 50.9. The first-order valence-corrected chi connectivity index (χ1v) is 28.8. The zero-order chi connectivity index (χ0) is 46.7. The number of phosphoric ester groups is 1. The summed E-state index contributed by atoms with van der Waals surface area (Å²) in [5, 5.41) is 2.84. The highest BCUT2D eigenvalue weighted by Crippen LogP contribution is 2.43. The first-order valence-electron chi connectivity index (χ1n) is 27.3. The van der Waals surface area contributed by atoms with E-state index in [0.717, 1.165) is 32.1 Å². The van der Waals surface area contributed by atoms with E-state index in [1.165, 1.54) is 205 Å². The molecule has 0 aromatic rings. The Morgan fingerprint density at radius 2 is 0.797 bits per heavy atom. The molecular weight excluding hydrogens is 822 g/mol. The molecule has 0 aromatic heterocycles. The van der Waals surface area contributed by atoms with Crippen LogP contribution in [-0.2, 0) is 32.7 Å². The number of hydrogen-bond acceptors (Lipinski definition) is 8. The molecule has 0 radical (unpaired) electrons. The van der Waals surface area contributed by atoms with Gasteiger partial charge in [-0.15, -0.1) is 0 Å². The lowest BCUT2D eigenvalue weighted by atomic mass is 10.0. The predicted octanol–water partition coefficient (Wildman–Crippen LogP) is 16.6. The summed E-state index contributed by atoms with van der Waals surface area (Å²) in [5.74, 6) is -0.794. The molecule has 0 saturated carbocycles. The smallest absolute Gasteiger partial charge is 0.462 e. The Bertz CT molecular complexity index is 1100. The maximum Gasteiger partial charge on any atom is 0.472 e. The second-order valence-electron chi connectivity index (χ2n) is 18.4. The van der Waals surface area contributed by atoms with Crippen molar-refractivity contribution in [2.75, 3.05) is 33.4 Å². The number of phosphoric acid groups is 1. The summed E-state index contributed by atoms with van der Waals surface area (Å²) in [6.45, 7) is 4.27. The molecule has 10 heteroatoms. The Labute approximate surface area is 395 Å². The van der Waals surface area contributed by atoms with Gasteiger partial charge in [-0.05, 0) is 71.3 Å². The highest BCUT2D eigenvalue weighted by atomic mass is 31.2. The number of nitrogens with one attached hydrogen (secondary N) is 1. The normalized spacial score (nSPS) is 13.2. The van der Waals surface area contributed by atoms with Crippen LogP contribution in [-0.4, -0.2) is 56.3 Å². The van der Waals surface area contributed by atoms with Gasteiger partial charge in [0.05, 0.1) is 13.2 Å². The van der Waals surface area contributed by atoms with Crippen molar-refractivity contribution in [2.45, 2.75) is 277 Å². The van der Waals surface area contributed by atoms with E-state index in [4.69, 9.17) is 18.5 Å². The lowest BCUT2D eigenvalue weighted by Gasteiger charge is -2.20. The average molecular weight is 926 g/mol. The van der Waals surface area contributed by atoms with E-state index in [1.807, 2.05) is 0 Å². The molecule has 0 spiro atoms. The number of esters is 2. The summed E-state index contributed by atoms with van der Waals surface area (Å²) in [6, 6.07) is 0. The largest absolute Gasteiger partial charge is 0.472 e. The van der Waals surface area contributed by atoms with Gasteiger partial charge < -0.3 is 19.7 Å². The number of likely N-dealkylation sites (N-methyl/N-ethyl adjacent to an activating group) is 1. The van der Waals surface area contributed by atoms with Crippen LogP contribution in [0.15, 0.2) is 24.3 Å². The van der Waals surface area contributed by atoms with Gasteiger partial charge in [-0.3, -0.25) is 18.6 Å². The van der Waals surface area contributed by atoms with Crippen molar-refractivity contribution in [3.63, 3.8) is 0 Å². The van der Waals surface area contributed by atoms with E-state index in [0.29, 0.717) is 19.4 Å². The van der Waals surface area contributed by atoms with Crippen molar-refractivity contribution in [1.82, 2.24) is 5.32 Å². The van der Waals surface area contributed by atoms with E-state index in [2.05, 4.69) is 43.5 Å². The molecule has 0 rings (SSSR count). The Morgan fingerprint density at radius 3 is 1.16 bits per heavy atom. The third-order valence-corrected chi connectivity index (χ3v) is 13.0. The fraction of sp³-hybridized carbons (Fsp3) is 0.889. The molecule has 0 fully saturated rings. The summed E-state index contributed by atoms with van der Waals surface area (Å²) in [5.41, 5.74) is 0. The molecule has 2 N–H and O–H groups in total. The van der Waals surface area contributed by atoms with Crippen LogP contribution in [0.25, 0.3) is 0 Å². The van der Waals surface area contributed by atoms with Crippen molar-refractivity contribution in [3.8, 4) is 0 Å². The third kappa shape index (κ3) is 49.9. The van der Waals surface area contributed by atoms with Gasteiger partial charge in [0.2, 0.25) is 0 Å². The molecule has 0 saturated heterocycles. The molecule has 0 aliphatic heterocycles. The van der Waals surface area contributed by atoms with Gasteiger partial charge in [-0.2, -0.15) is 0 Å². The lowest BCUT2D eigenvalue weighted by Crippen LogP contribution is -2.29. The number of carbonyl (C=O) groups is 2. The molecule has 0 heterocycles. The van der Waals surface area contributed by atoms with E-state index in [1.54, 1.807) is 7.05 Å². The summed E-state index contributed by atoms with van der Waals surface area (Å²) >= 11 is 0. The highest BCUT2D eigenvalue weighted by molar-refractivity contribution is 7.47. The van der Waals surface area contributed by atoms with Crippen LogP contribution in [0, 0.1) is 0 Å². The minimum absolute atomic E-state index is 0.0150. The van der Waals surface area contributed by atoms with E-state index >= 15 is 0 Å². The molecule has 64 heavy (non-hydrogen) atoms. The van der Waals surface area contributed by atoms with Gasteiger partial charge in [0.1, 0.15) is 6.61 Å². The molecule has 378 valence electrons. The van der Waals surface area contributed by atoms with Gasteiger partial charge in [-0.25, -0.2) is 4.57 Å². The van der Waals surface area contributed by atoms with Crippen LogP contribution in [0.5, 0.6) is 0 Å². The number of unbranched alkanes of at least 4 members (excludes halogenated alkanes) is 34. The Balaban J connectivity index is 4.05. The Kier molecular flexibility index (Phi) is 49.7. The van der Waals surface area contributed by atoms with E-state index in [9.17, 15) is 19.0 Å². The minimum Gasteiger partial charge on any atom is -0.462 e. The topological polar surface area (TPSA) is 120 Å². The SMILES string of the molecule is CCCCCCCC/C=C\CCCCCCCCCCCCCC(=O)OCC(COP(=O)(O)OCCNC)OC(=O)CCCCCCCCCCCCC/C=C\CCCCCCCC. The Morgan fingerprint density at radius 1 is 0.469 bits per heavy atom. The molecule has 0 aliphatic carbocycles. The van der Waals surface area contributed by atoms with Crippen molar-refractivity contribution in [1.29, 1.82) is 0 Å². The van der Waals surface area contributed by atoms with Gasteiger partial charge in [0.15, 0.2) is 6.10 Å². The van der Waals surface area contributed by atoms with Crippen LogP contribution in [0.1, 0.15) is 271 Å². The van der Waals surface area contributed by atoms with Crippen LogP contribution < -0.4 is 5.32 Å². The fourth-order valence-corrected chi connectivity index (χ4v) is 8.65. The average Bonchev–Trinajstić information content (AvgIpc) is 3.28. The minimum atomic E-state index is -4.35. The quantitative estimate of drug-likeness (QED) is 0.0266. The first-order chi connectivity index (χ1) is 31.3. The van der Waals surface area contributed by atoms with Crippen molar-refractivity contribution < 1.29 is 37.6 Å². The zero-order valence-electron chi connectivity index (χ0n) is 42.3. The first kappa shape index (κ1) is 62.5. The maximum absolute atomic E-state index is 12.7. The highest BCUT2D eigenvalue weighted by Gasteiger charge is 2.26. The van der Waals surface area contributed by atoms with E-state index in [-0.39, 0.29) is 25.6 Å². The number of carbonyl (C=O) groups excluding carboxylic acids is 2. The molecule has 0 aromatic carbocycles. The van der Waals surface area contributed by atoms with Gasteiger partial charge >= 0.3 is 19.8 Å². The van der Waals surface area contributed by atoms with Crippen LogP contribution >= 0.6 is 7.82 Å². The molecular formula is C54H104NO8P. The summed E-state index contributed by atoms with van der Waals surface area (Å²) < 4.78 is 33.4. The second-order valence-corrected chi connectivity index (χ2v) is 19.9. The van der Waals surface area contributed by atoms with Crippen molar-refractivity contribution in [2.24, 2.45) is 0 Å². The van der Waals surface area contributed by atoms with Crippen molar-refractivity contribution >= 4 is 19.8 Å². The molecule has 0 amide bonds. The third-order valence-electron chi connectivity index (χ3n) is 12.0. The molecule has 0 bridgehead atoms. The summed E-state index contributed by atoms with van der Waals surface area (Å²) in [7, 11) is -2.65. The summed E-state index contributed by atoms with van der Waals surface area (Å²) in [6.07, 6.45) is 56.6. The van der Waals surface area contributed by atoms with Gasteiger partial charge in [0.25, 0.3) is 0 Å². The van der Waals surface area contributed by atoms with Crippen LogP contribution in [0.2, 0.25) is 0 Å². The fourth-order valence-electron chi connectivity index (χ4n) is 7.90.